The molecule has 4 nitrogen and oxygen atoms in total. The quantitative estimate of drug-likeness (QED) is 0.501. The van der Waals surface area contributed by atoms with Crippen molar-refractivity contribution in [3.8, 4) is 11.5 Å². The summed E-state index contributed by atoms with van der Waals surface area (Å²) < 4.78 is 11.0. The van der Waals surface area contributed by atoms with Crippen molar-refractivity contribution in [1.82, 2.24) is 0 Å². The van der Waals surface area contributed by atoms with Gasteiger partial charge in [0.2, 0.25) is 0 Å². The first-order valence-electron chi connectivity index (χ1n) is 6.69. The minimum absolute atomic E-state index is 0.480. The summed E-state index contributed by atoms with van der Waals surface area (Å²) in [5, 5.41) is 0. The molecule has 2 aromatic carbocycles. The van der Waals surface area contributed by atoms with E-state index in [0.717, 1.165) is 22.9 Å². The van der Waals surface area contributed by atoms with Crippen LogP contribution >= 0.6 is 0 Å². The van der Waals surface area contributed by atoms with E-state index < -0.39 is 0 Å². The van der Waals surface area contributed by atoms with Crippen molar-refractivity contribution in [2.75, 3.05) is 24.7 Å². The highest BCUT2D eigenvalue weighted by atomic mass is 16.5. The molecule has 0 heterocycles. The first-order valence-corrected chi connectivity index (χ1v) is 6.69. The van der Waals surface area contributed by atoms with Gasteiger partial charge in [-0.3, -0.25) is 0 Å². The number of nitrogens with two attached hydrogens (primary N) is 2. The van der Waals surface area contributed by atoms with Crippen molar-refractivity contribution in [2.45, 2.75) is 6.92 Å². The van der Waals surface area contributed by atoms with Crippen molar-refractivity contribution in [2.24, 2.45) is 0 Å². The highest BCUT2D eigenvalue weighted by Gasteiger charge is 1.95. The Morgan fingerprint density at radius 1 is 0.810 bits per heavy atom. The van der Waals surface area contributed by atoms with E-state index in [1.165, 1.54) is 0 Å². The van der Waals surface area contributed by atoms with Crippen LogP contribution in [0.3, 0.4) is 0 Å². The molecule has 0 saturated heterocycles. The molecule has 0 bridgehead atoms. The lowest BCUT2D eigenvalue weighted by atomic mass is 10.3. The third-order valence-corrected chi connectivity index (χ3v) is 2.38. The fraction of sp³-hybridized carbons (Fsp3) is 0.176. The molecule has 4 heteroatoms. The second-order valence-electron chi connectivity index (χ2n) is 4.24. The first kappa shape index (κ1) is 16.4. The molecule has 4 N–H and O–H groups in total. The molecule has 0 amide bonds. The molecule has 0 aromatic heterocycles. The number of rotatable bonds is 5. The standard InChI is InChI=1S/C14H16N2O2.C3H6/c15-11-1-5-13(6-2-11)17-9-10-18-14-7-3-12(16)4-8-14;1-3-2/h1-8H,9-10,15-16H2;3H,1H2,2H3. The van der Waals surface area contributed by atoms with Crippen LogP contribution in [0.1, 0.15) is 6.92 Å². The van der Waals surface area contributed by atoms with Gasteiger partial charge in [-0.1, -0.05) is 6.08 Å². The third-order valence-electron chi connectivity index (χ3n) is 2.38. The zero-order chi connectivity index (χ0) is 15.5. The van der Waals surface area contributed by atoms with E-state index in [9.17, 15) is 0 Å². The Balaban J connectivity index is 0.000000677. The number of hydrogen-bond acceptors (Lipinski definition) is 4. The summed E-state index contributed by atoms with van der Waals surface area (Å²) in [6, 6.07) is 14.5. The molecular weight excluding hydrogens is 264 g/mol. The van der Waals surface area contributed by atoms with Crippen LogP contribution in [0.15, 0.2) is 61.2 Å². The lowest BCUT2D eigenvalue weighted by Gasteiger charge is -2.08. The summed E-state index contributed by atoms with van der Waals surface area (Å²) in [6.07, 6.45) is 1.75. The van der Waals surface area contributed by atoms with Gasteiger partial charge < -0.3 is 20.9 Å². The number of anilines is 2. The Bertz CT molecular complexity index is 474. The van der Waals surface area contributed by atoms with Gasteiger partial charge in [-0.2, -0.15) is 0 Å². The van der Waals surface area contributed by atoms with Crippen molar-refractivity contribution in [3.05, 3.63) is 61.2 Å². The largest absolute Gasteiger partial charge is 0.490 e. The lowest BCUT2D eigenvalue weighted by molar-refractivity contribution is 0.217. The van der Waals surface area contributed by atoms with Crippen LogP contribution in [0.5, 0.6) is 11.5 Å². The maximum atomic E-state index is 5.58. The molecule has 112 valence electrons. The molecule has 0 aliphatic carbocycles. The van der Waals surface area contributed by atoms with E-state index in [1.807, 2.05) is 31.2 Å². The molecular formula is C17H22N2O2. The van der Waals surface area contributed by atoms with Gasteiger partial charge in [0.05, 0.1) is 0 Å². The molecule has 0 atom stereocenters. The van der Waals surface area contributed by atoms with Crippen LogP contribution in [0.2, 0.25) is 0 Å². The van der Waals surface area contributed by atoms with E-state index in [1.54, 1.807) is 30.3 Å². The van der Waals surface area contributed by atoms with E-state index in [0.29, 0.717) is 13.2 Å². The van der Waals surface area contributed by atoms with E-state index >= 15 is 0 Å². The second kappa shape index (κ2) is 9.31. The Hall–Kier alpha value is -2.62. The Kier molecular flexibility index (Phi) is 7.29. The van der Waals surface area contributed by atoms with Gasteiger partial charge in [-0.15, -0.1) is 6.58 Å². The number of hydrogen-bond donors (Lipinski definition) is 2. The van der Waals surface area contributed by atoms with Crippen molar-refractivity contribution < 1.29 is 9.47 Å². The van der Waals surface area contributed by atoms with Crippen LogP contribution in [0.25, 0.3) is 0 Å². The molecule has 0 aliphatic heterocycles. The predicted octanol–water partition coefficient (Wildman–Crippen LogP) is 3.50. The van der Waals surface area contributed by atoms with Crippen LogP contribution < -0.4 is 20.9 Å². The van der Waals surface area contributed by atoms with Crippen molar-refractivity contribution >= 4 is 11.4 Å². The van der Waals surface area contributed by atoms with E-state index in [-0.39, 0.29) is 0 Å². The highest BCUT2D eigenvalue weighted by Crippen LogP contribution is 2.14. The zero-order valence-electron chi connectivity index (χ0n) is 12.3. The first-order chi connectivity index (χ1) is 10.2. The maximum absolute atomic E-state index is 5.58. The summed E-state index contributed by atoms with van der Waals surface area (Å²) in [5.41, 5.74) is 12.6. The van der Waals surface area contributed by atoms with Gasteiger partial charge in [-0.05, 0) is 55.5 Å². The molecule has 2 aromatic rings. The highest BCUT2D eigenvalue weighted by molar-refractivity contribution is 5.42. The van der Waals surface area contributed by atoms with Crippen molar-refractivity contribution in [3.63, 3.8) is 0 Å². The van der Waals surface area contributed by atoms with Gasteiger partial charge in [0.1, 0.15) is 24.7 Å². The minimum Gasteiger partial charge on any atom is -0.490 e. The van der Waals surface area contributed by atoms with Gasteiger partial charge in [0, 0.05) is 11.4 Å². The fourth-order valence-electron chi connectivity index (χ4n) is 1.45. The van der Waals surface area contributed by atoms with E-state index in [2.05, 4.69) is 6.58 Å². The molecule has 0 unspecified atom stereocenters. The van der Waals surface area contributed by atoms with Crippen molar-refractivity contribution in [1.29, 1.82) is 0 Å². The second-order valence-corrected chi connectivity index (χ2v) is 4.24. The summed E-state index contributed by atoms with van der Waals surface area (Å²) in [4.78, 5) is 0. The summed E-state index contributed by atoms with van der Waals surface area (Å²) in [7, 11) is 0. The smallest absolute Gasteiger partial charge is 0.122 e. The fourth-order valence-corrected chi connectivity index (χ4v) is 1.45. The molecule has 0 aliphatic rings. The van der Waals surface area contributed by atoms with Crippen LogP contribution in [0.4, 0.5) is 11.4 Å². The van der Waals surface area contributed by atoms with Crippen LogP contribution in [-0.2, 0) is 0 Å². The van der Waals surface area contributed by atoms with Crippen LogP contribution in [0, 0.1) is 0 Å². The number of ether oxygens (including phenoxy) is 2. The third kappa shape index (κ3) is 6.92. The lowest BCUT2D eigenvalue weighted by Crippen LogP contribution is -2.08. The predicted molar refractivity (Wildman–Crippen MR) is 88.6 cm³/mol. The molecule has 0 radical (unpaired) electrons. The van der Waals surface area contributed by atoms with Gasteiger partial charge in [0.15, 0.2) is 0 Å². The SMILES string of the molecule is C=CC.Nc1ccc(OCCOc2ccc(N)cc2)cc1. The Labute approximate surface area is 126 Å². The Morgan fingerprint density at radius 3 is 1.38 bits per heavy atom. The minimum atomic E-state index is 0.480. The monoisotopic (exact) mass is 286 g/mol. The van der Waals surface area contributed by atoms with Gasteiger partial charge >= 0.3 is 0 Å². The number of nitrogen functional groups attached to an aromatic ring is 2. The average molecular weight is 286 g/mol. The summed E-state index contributed by atoms with van der Waals surface area (Å²) in [5.74, 6) is 1.57. The molecule has 0 fully saturated rings. The van der Waals surface area contributed by atoms with Crippen LogP contribution in [-0.4, -0.2) is 13.2 Å². The number of allylic oxidation sites excluding steroid dienone is 1. The Morgan fingerprint density at radius 2 is 1.10 bits per heavy atom. The zero-order valence-corrected chi connectivity index (χ0v) is 12.3. The number of benzene rings is 2. The molecule has 0 spiro atoms. The summed E-state index contributed by atoms with van der Waals surface area (Å²) in [6.45, 7) is 6.21. The molecule has 2 rings (SSSR count). The topological polar surface area (TPSA) is 70.5 Å². The molecule has 0 saturated carbocycles. The van der Waals surface area contributed by atoms with Gasteiger partial charge in [-0.25, -0.2) is 0 Å². The normalized spacial score (nSPS) is 9.19. The average Bonchev–Trinajstić information content (AvgIpc) is 2.48. The van der Waals surface area contributed by atoms with Gasteiger partial charge in [0.25, 0.3) is 0 Å². The van der Waals surface area contributed by atoms with E-state index in [4.69, 9.17) is 20.9 Å². The molecule has 21 heavy (non-hydrogen) atoms. The maximum Gasteiger partial charge on any atom is 0.122 e. The summed E-state index contributed by atoms with van der Waals surface area (Å²) >= 11 is 0.